The van der Waals surface area contributed by atoms with Gasteiger partial charge in [-0.3, -0.25) is 14.6 Å². The number of aromatic amines is 2. The Hall–Kier alpha value is -3.68. The number of hydrogen-bond donors (Lipinski definition) is 4. The highest BCUT2D eigenvalue weighted by molar-refractivity contribution is 5.90. The smallest absolute Gasteiger partial charge is 0.341 e. The van der Waals surface area contributed by atoms with Gasteiger partial charge in [0.05, 0.1) is 5.92 Å². The fourth-order valence-electron chi connectivity index (χ4n) is 3.10. The molecule has 8 nitrogen and oxygen atoms in total. The number of nitrogens with one attached hydrogen (secondary N) is 3. The Morgan fingerprint density at radius 2 is 1.72 bits per heavy atom. The Balaban J connectivity index is 1.74. The largest absolute Gasteiger partial charge is 0.481 e. The van der Waals surface area contributed by atoms with Crippen molar-refractivity contribution in [3.05, 3.63) is 76.5 Å². The number of hydrogen-bond acceptors (Lipinski definition) is 4. The maximum Gasteiger partial charge on any atom is 0.341 e. The van der Waals surface area contributed by atoms with E-state index in [2.05, 4.69) is 20.5 Å². The van der Waals surface area contributed by atoms with Crippen molar-refractivity contribution in [1.82, 2.24) is 20.5 Å². The molecule has 1 amide bonds. The number of aliphatic carboxylic acids is 1. The van der Waals surface area contributed by atoms with Crippen molar-refractivity contribution in [1.29, 1.82) is 0 Å². The normalized spacial score (nSPS) is 12.9. The fourth-order valence-corrected chi connectivity index (χ4v) is 3.10. The first kappa shape index (κ1) is 20.1. The minimum atomic E-state index is -0.933. The highest BCUT2D eigenvalue weighted by atomic mass is 16.4. The summed E-state index contributed by atoms with van der Waals surface area (Å²) in [6.07, 6.45) is 0.698. The quantitative estimate of drug-likeness (QED) is 0.466. The summed E-state index contributed by atoms with van der Waals surface area (Å²) in [6, 6.07) is 17.4. The molecule has 3 aromatic rings. The summed E-state index contributed by atoms with van der Waals surface area (Å²) in [5, 5.41) is 17.8. The van der Waals surface area contributed by atoms with Crippen LogP contribution in [-0.4, -0.2) is 38.2 Å². The summed E-state index contributed by atoms with van der Waals surface area (Å²) in [6.45, 7) is 1.59. The lowest BCUT2D eigenvalue weighted by Crippen LogP contribution is -2.39. The topological polar surface area (TPSA) is 128 Å². The van der Waals surface area contributed by atoms with Crippen LogP contribution in [0.25, 0.3) is 11.1 Å². The lowest BCUT2D eigenvalue weighted by molar-refractivity contribution is -0.141. The van der Waals surface area contributed by atoms with Gasteiger partial charge in [-0.05, 0) is 29.5 Å². The van der Waals surface area contributed by atoms with E-state index in [1.807, 2.05) is 54.6 Å². The van der Waals surface area contributed by atoms with Gasteiger partial charge < -0.3 is 10.4 Å². The van der Waals surface area contributed by atoms with Gasteiger partial charge in [0.15, 0.2) is 0 Å². The van der Waals surface area contributed by atoms with Crippen LogP contribution in [0.5, 0.6) is 0 Å². The van der Waals surface area contributed by atoms with Crippen molar-refractivity contribution >= 4 is 11.9 Å². The highest BCUT2D eigenvalue weighted by Gasteiger charge is 2.22. The van der Waals surface area contributed by atoms with Crippen molar-refractivity contribution in [2.75, 3.05) is 0 Å². The molecule has 3 rings (SSSR count). The second-order valence-electron chi connectivity index (χ2n) is 6.94. The molecule has 0 saturated heterocycles. The Morgan fingerprint density at radius 3 is 2.31 bits per heavy atom. The maximum atomic E-state index is 12.3. The Labute approximate surface area is 167 Å². The van der Waals surface area contributed by atoms with Gasteiger partial charge in [-0.15, -0.1) is 5.10 Å². The molecule has 0 saturated carbocycles. The zero-order valence-corrected chi connectivity index (χ0v) is 15.9. The number of amides is 1. The summed E-state index contributed by atoms with van der Waals surface area (Å²) in [5.41, 5.74) is 2.55. The number of rotatable bonds is 8. The van der Waals surface area contributed by atoms with Crippen LogP contribution in [0.2, 0.25) is 0 Å². The van der Waals surface area contributed by atoms with Gasteiger partial charge in [-0.1, -0.05) is 61.5 Å². The third-order valence-corrected chi connectivity index (χ3v) is 4.65. The van der Waals surface area contributed by atoms with Crippen LogP contribution in [0.3, 0.4) is 0 Å². The molecule has 0 fully saturated rings. The molecular weight excluding hydrogens is 372 g/mol. The lowest BCUT2D eigenvalue weighted by Gasteiger charge is -2.20. The van der Waals surface area contributed by atoms with E-state index in [0.29, 0.717) is 6.42 Å². The predicted octanol–water partition coefficient (Wildman–Crippen LogP) is 2.22. The number of carbonyl (C=O) groups is 2. The molecule has 0 radical (unpaired) electrons. The number of carbonyl (C=O) groups excluding carboxylic acids is 1. The second kappa shape index (κ2) is 9.01. The molecule has 29 heavy (non-hydrogen) atoms. The molecule has 2 unspecified atom stereocenters. The van der Waals surface area contributed by atoms with Gasteiger partial charge in [0.1, 0.15) is 0 Å². The van der Waals surface area contributed by atoms with Gasteiger partial charge in [-0.25, -0.2) is 9.89 Å². The van der Waals surface area contributed by atoms with Crippen molar-refractivity contribution in [3.8, 4) is 11.1 Å². The van der Waals surface area contributed by atoms with Crippen molar-refractivity contribution in [2.24, 2.45) is 5.92 Å². The van der Waals surface area contributed by atoms with E-state index < -0.39 is 29.5 Å². The molecule has 8 heteroatoms. The van der Waals surface area contributed by atoms with E-state index in [0.717, 1.165) is 16.7 Å². The van der Waals surface area contributed by atoms with Gasteiger partial charge >= 0.3 is 11.7 Å². The summed E-state index contributed by atoms with van der Waals surface area (Å²) in [5.74, 6) is -2.27. The first-order valence-corrected chi connectivity index (χ1v) is 9.25. The summed E-state index contributed by atoms with van der Waals surface area (Å²) in [7, 11) is 0. The van der Waals surface area contributed by atoms with E-state index in [1.54, 1.807) is 6.92 Å². The third kappa shape index (κ3) is 5.41. The van der Waals surface area contributed by atoms with Gasteiger partial charge in [0.25, 0.3) is 5.91 Å². The molecule has 0 aliphatic carbocycles. The van der Waals surface area contributed by atoms with Crippen LogP contribution in [-0.2, 0) is 11.2 Å². The third-order valence-electron chi connectivity index (χ3n) is 4.65. The standard InChI is InChI=1S/C21H22N4O4/c1-13(20(27)28)11-17(22-19(26)18-23-21(29)25-24-18)12-14-7-9-16(10-8-14)15-5-3-2-4-6-15/h2-10,13,17H,11-12H2,1H3,(H,22,26)(H,27,28)(H2,23,24,25,29). The average molecular weight is 394 g/mol. The molecule has 0 bridgehead atoms. The zero-order chi connectivity index (χ0) is 20.8. The molecule has 150 valence electrons. The first-order valence-electron chi connectivity index (χ1n) is 9.25. The molecule has 4 N–H and O–H groups in total. The summed E-state index contributed by atoms with van der Waals surface area (Å²) < 4.78 is 0. The number of aromatic nitrogens is 3. The van der Waals surface area contributed by atoms with Crippen molar-refractivity contribution < 1.29 is 14.7 Å². The van der Waals surface area contributed by atoms with Crippen LogP contribution in [0.15, 0.2) is 59.4 Å². The number of carboxylic acid groups (broad SMARTS) is 1. The van der Waals surface area contributed by atoms with Crippen LogP contribution >= 0.6 is 0 Å². The minimum Gasteiger partial charge on any atom is -0.481 e. The van der Waals surface area contributed by atoms with Gasteiger partial charge in [-0.2, -0.15) is 0 Å². The summed E-state index contributed by atoms with van der Waals surface area (Å²) in [4.78, 5) is 37.1. The second-order valence-corrected chi connectivity index (χ2v) is 6.94. The molecule has 1 aromatic heterocycles. The maximum absolute atomic E-state index is 12.3. The molecular formula is C21H22N4O4. The molecule has 2 atom stereocenters. The first-order chi connectivity index (χ1) is 13.9. The lowest BCUT2D eigenvalue weighted by atomic mass is 9.95. The minimum absolute atomic E-state index is 0.137. The molecule has 0 aliphatic heterocycles. The van der Waals surface area contributed by atoms with Crippen LogP contribution in [0.4, 0.5) is 0 Å². The van der Waals surface area contributed by atoms with Gasteiger partial charge in [0, 0.05) is 6.04 Å². The van der Waals surface area contributed by atoms with E-state index in [1.165, 1.54) is 0 Å². The zero-order valence-electron chi connectivity index (χ0n) is 15.9. The molecule has 0 spiro atoms. The molecule has 2 aromatic carbocycles. The number of benzene rings is 2. The molecule has 0 aliphatic rings. The monoisotopic (exact) mass is 394 g/mol. The van der Waals surface area contributed by atoms with E-state index in [9.17, 15) is 19.5 Å². The Morgan fingerprint density at radius 1 is 1.07 bits per heavy atom. The van der Waals surface area contributed by atoms with Crippen molar-refractivity contribution in [2.45, 2.75) is 25.8 Å². The molecule has 1 heterocycles. The fraction of sp³-hybridized carbons (Fsp3) is 0.238. The Bertz CT molecular complexity index is 1020. The number of carboxylic acids is 1. The average Bonchev–Trinajstić information content (AvgIpc) is 3.15. The van der Waals surface area contributed by atoms with Crippen LogP contribution < -0.4 is 11.0 Å². The van der Waals surface area contributed by atoms with E-state index in [-0.39, 0.29) is 12.2 Å². The van der Waals surface area contributed by atoms with E-state index >= 15 is 0 Å². The van der Waals surface area contributed by atoms with Crippen LogP contribution in [0.1, 0.15) is 29.5 Å². The van der Waals surface area contributed by atoms with Crippen molar-refractivity contribution in [3.63, 3.8) is 0 Å². The van der Waals surface area contributed by atoms with Crippen LogP contribution in [0, 0.1) is 5.92 Å². The highest BCUT2D eigenvalue weighted by Crippen LogP contribution is 2.20. The number of nitrogens with zero attached hydrogens (tertiary/aromatic N) is 1. The van der Waals surface area contributed by atoms with Gasteiger partial charge in [0.2, 0.25) is 5.82 Å². The van der Waals surface area contributed by atoms with E-state index in [4.69, 9.17) is 0 Å². The summed E-state index contributed by atoms with van der Waals surface area (Å²) >= 11 is 0. The predicted molar refractivity (Wildman–Crippen MR) is 107 cm³/mol. The SMILES string of the molecule is CC(CC(Cc1ccc(-c2ccccc2)cc1)NC(=O)c1n[nH]c(=O)[nH]1)C(=O)O. The Kier molecular flexibility index (Phi) is 6.23. The number of H-pyrrole nitrogens is 2.